The van der Waals surface area contributed by atoms with Gasteiger partial charge in [0.1, 0.15) is 0 Å². The minimum Gasteiger partial charge on any atom is -0.325 e. The van der Waals surface area contributed by atoms with E-state index in [2.05, 4.69) is 39.0 Å². The van der Waals surface area contributed by atoms with Gasteiger partial charge in [-0.2, -0.15) is 5.10 Å². The Hall–Kier alpha value is -0.830. The number of aryl methyl sites for hydroxylation is 1. The first-order chi connectivity index (χ1) is 8.94. The Labute approximate surface area is 117 Å². The molecule has 0 saturated heterocycles. The van der Waals surface area contributed by atoms with Gasteiger partial charge in [0.2, 0.25) is 0 Å². The van der Waals surface area contributed by atoms with Gasteiger partial charge in [-0.3, -0.25) is 4.68 Å². The molecule has 2 N–H and O–H groups in total. The lowest BCUT2D eigenvalue weighted by atomic mass is 9.63. The van der Waals surface area contributed by atoms with Crippen LogP contribution in [0.1, 0.15) is 52.5 Å². The monoisotopic (exact) mass is 263 g/mol. The van der Waals surface area contributed by atoms with E-state index in [9.17, 15) is 0 Å². The van der Waals surface area contributed by atoms with Crippen molar-refractivity contribution in [2.24, 2.45) is 23.5 Å². The Morgan fingerprint density at radius 3 is 2.79 bits per heavy atom. The summed E-state index contributed by atoms with van der Waals surface area (Å²) < 4.78 is 2.00. The lowest BCUT2D eigenvalue weighted by Gasteiger charge is -2.46. The SMILES string of the molecule is CCn1cc(CC2(N)CC(C)CCC2C(C)C)cn1. The summed E-state index contributed by atoms with van der Waals surface area (Å²) in [6.45, 7) is 10.0. The molecular formula is C16H29N3. The molecule has 0 radical (unpaired) electrons. The van der Waals surface area contributed by atoms with Crippen LogP contribution in [0.4, 0.5) is 0 Å². The third-order valence-electron chi connectivity index (χ3n) is 4.79. The maximum absolute atomic E-state index is 6.84. The molecule has 1 aromatic heterocycles. The van der Waals surface area contributed by atoms with Crippen LogP contribution in [-0.2, 0) is 13.0 Å². The summed E-state index contributed by atoms with van der Waals surface area (Å²) in [6, 6.07) is 0. The zero-order valence-corrected chi connectivity index (χ0v) is 12.9. The highest BCUT2D eigenvalue weighted by molar-refractivity contribution is 5.12. The van der Waals surface area contributed by atoms with Gasteiger partial charge in [-0.25, -0.2) is 0 Å². The van der Waals surface area contributed by atoms with E-state index in [-0.39, 0.29) is 5.54 Å². The second-order valence-electron chi connectivity index (χ2n) is 6.85. The predicted molar refractivity (Wildman–Crippen MR) is 79.9 cm³/mol. The summed E-state index contributed by atoms with van der Waals surface area (Å²) in [5.41, 5.74) is 8.09. The van der Waals surface area contributed by atoms with Crippen LogP contribution in [-0.4, -0.2) is 15.3 Å². The molecule has 1 aliphatic carbocycles. The summed E-state index contributed by atoms with van der Waals surface area (Å²) in [4.78, 5) is 0. The molecule has 0 bridgehead atoms. The van der Waals surface area contributed by atoms with Gasteiger partial charge in [-0.05, 0) is 49.5 Å². The molecule has 0 aliphatic heterocycles. The summed E-state index contributed by atoms with van der Waals surface area (Å²) in [7, 11) is 0. The van der Waals surface area contributed by atoms with Crippen LogP contribution in [0.3, 0.4) is 0 Å². The van der Waals surface area contributed by atoms with E-state index in [0.29, 0.717) is 11.8 Å². The van der Waals surface area contributed by atoms with Crippen molar-refractivity contribution in [2.75, 3.05) is 0 Å². The smallest absolute Gasteiger partial charge is 0.0522 e. The number of rotatable bonds is 4. The van der Waals surface area contributed by atoms with Crippen LogP contribution in [0.5, 0.6) is 0 Å². The van der Waals surface area contributed by atoms with E-state index in [4.69, 9.17) is 5.73 Å². The molecule has 108 valence electrons. The van der Waals surface area contributed by atoms with Gasteiger partial charge in [0.05, 0.1) is 6.20 Å². The fourth-order valence-corrected chi connectivity index (χ4v) is 3.90. The van der Waals surface area contributed by atoms with E-state index >= 15 is 0 Å². The number of nitrogens with two attached hydrogens (primary N) is 1. The molecule has 1 aromatic rings. The van der Waals surface area contributed by atoms with E-state index in [1.165, 1.54) is 18.4 Å². The fourth-order valence-electron chi connectivity index (χ4n) is 3.90. The molecule has 0 spiro atoms. The van der Waals surface area contributed by atoms with Gasteiger partial charge < -0.3 is 5.73 Å². The van der Waals surface area contributed by atoms with Crippen molar-refractivity contribution in [3.63, 3.8) is 0 Å². The van der Waals surface area contributed by atoms with E-state index in [1.54, 1.807) is 0 Å². The highest BCUT2D eigenvalue weighted by Crippen LogP contribution is 2.41. The third kappa shape index (κ3) is 3.19. The Balaban J connectivity index is 2.16. The second-order valence-corrected chi connectivity index (χ2v) is 6.85. The first-order valence-corrected chi connectivity index (χ1v) is 7.75. The molecule has 19 heavy (non-hydrogen) atoms. The number of aromatic nitrogens is 2. The van der Waals surface area contributed by atoms with Gasteiger partial charge in [-0.15, -0.1) is 0 Å². The van der Waals surface area contributed by atoms with Crippen molar-refractivity contribution < 1.29 is 0 Å². The van der Waals surface area contributed by atoms with Crippen molar-refractivity contribution in [3.8, 4) is 0 Å². The minimum absolute atomic E-state index is 0.0482. The lowest BCUT2D eigenvalue weighted by Crippen LogP contribution is -2.54. The largest absolute Gasteiger partial charge is 0.325 e. The van der Waals surface area contributed by atoms with Crippen molar-refractivity contribution in [1.82, 2.24) is 9.78 Å². The topological polar surface area (TPSA) is 43.8 Å². The third-order valence-corrected chi connectivity index (χ3v) is 4.79. The molecular weight excluding hydrogens is 234 g/mol. The first-order valence-electron chi connectivity index (χ1n) is 7.75. The normalized spacial score (nSPS) is 31.9. The van der Waals surface area contributed by atoms with Gasteiger partial charge in [-0.1, -0.05) is 27.2 Å². The second kappa shape index (κ2) is 5.66. The van der Waals surface area contributed by atoms with Gasteiger partial charge in [0.25, 0.3) is 0 Å². The summed E-state index contributed by atoms with van der Waals surface area (Å²) in [5.74, 6) is 2.05. The molecule has 3 unspecified atom stereocenters. The van der Waals surface area contributed by atoms with Gasteiger partial charge in [0, 0.05) is 18.3 Å². The summed E-state index contributed by atoms with van der Waals surface area (Å²) in [6.07, 6.45) is 8.88. The van der Waals surface area contributed by atoms with Crippen LogP contribution in [0, 0.1) is 17.8 Å². The van der Waals surface area contributed by atoms with Crippen LogP contribution in [0.25, 0.3) is 0 Å². The predicted octanol–water partition coefficient (Wildman–Crippen LogP) is 3.24. The molecule has 1 aliphatic rings. The zero-order valence-electron chi connectivity index (χ0n) is 12.9. The van der Waals surface area contributed by atoms with Crippen LogP contribution in [0.15, 0.2) is 12.4 Å². The molecule has 1 heterocycles. The molecule has 3 heteroatoms. The number of nitrogens with zero attached hydrogens (tertiary/aromatic N) is 2. The van der Waals surface area contributed by atoms with E-state index < -0.39 is 0 Å². The minimum atomic E-state index is -0.0482. The first kappa shape index (κ1) is 14.6. The average Bonchev–Trinajstić information content (AvgIpc) is 2.75. The molecule has 1 saturated carbocycles. The fraction of sp³-hybridized carbons (Fsp3) is 0.812. The maximum Gasteiger partial charge on any atom is 0.0522 e. The van der Waals surface area contributed by atoms with Crippen LogP contribution < -0.4 is 5.73 Å². The Morgan fingerprint density at radius 2 is 2.21 bits per heavy atom. The van der Waals surface area contributed by atoms with Crippen LogP contribution >= 0.6 is 0 Å². The van der Waals surface area contributed by atoms with Crippen molar-refractivity contribution >= 4 is 0 Å². The molecule has 0 amide bonds. The van der Waals surface area contributed by atoms with Gasteiger partial charge >= 0.3 is 0 Å². The van der Waals surface area contributed by atoms with Crippen molar-refractivity contribution in [1.29, 1.82) is 0 Å². The van der Waals surface area contributed by atoms with Crippen molar-refractivity contribution in [3.05, 3.63) is 18.0 Å². The van der Waals surface area contributed by atoms with E-state index in [1.807, 2.05) is 10.9 Å². The lowest BCUT2D eigenvalue weighted by molar-refractivity contribution is 0.109. The quantitative estimate of drug-likeness (QED) is 0.906. The number of hydrogen-bond acceptors (Lipinski definition) is 2. The van der Waals surface area contributed by atoms with Crippen LogP contribution in [0.2, 0.25) is 0 Å². The maximum atomic E-state index is 6.84. The average molecular weight is 263 g/mol. The Bertz CT molecular complexity index is 410. The van der Waals surface area contributed by atoms with Crippen molar-refractivity contribution in [2.45, 2.75) is 65.5 Å². The highest BCUT2D eigenvalue weighted by atomic mass is 15.3. The molecule has 1 fully saturated rings. The Kier molecular flexibility index (Phi) is 4.34. The molecule has 3 nitrogen and oxygen atoms in total. The van der Waals surface area contributed by atoms with Gasteiger partial charge in [0.15, 0.2) is 0 Å². The Morgan fingerprint density at radius 1 is 1.47 bits per heavy atom. The number of hydrogen-bond donors (Lipinski definition) is 1. The highest BCUT2D eigenvalue weighted by Gasteiger charge is 2.41. The molecule has 2 rings (SSSR count). The molecule has 0 aromatic carbocycles. The van der Waals surface area contributed by atoms with E-state index in [0.717, 1.165) is 25.3 Å². The standard InChI is InChI=1S/C16H29N3/c1-5-19-11-14(10-18-19)9-16(17)8-13(4)6-7-15(16)12(2)3/h10-13,15H,5-9,17H2,1-4H3. The summed E-state index contributed by atoms with van der Waals surface area (Å²) >= 11 is 0. The zero-order chi connectivity index (χ0) is 14.0. The molecule has 3 atom stereocenters. The summed E-state index contributed by atoms with van der Waals surface area (Å²) in [5, 5.41) is 4.38.